The summed E-state index contributed by atoms with van der Waals surface area (Å²) in [5.74, 6) is -0.114. The zero-order valence-electron chi connectivity index (χ0n) is 19.9. The summed E-state index contributed by atoms with van der Waals surface area (Å²) >= 11 is 0. The lowest BCUT2D eigenvalue weighted by molar-refractivity contribution is -0.145. The van der Waals surface area contributed by atoms with Crippen LogP contribution in [0.1, 0.15) is 22.0 Å². The standard InChI is InChI=1S/C29H26N2O5/c1-34-22-13-11-20(12-14-22)26-19-24(23-9-5-6-10-25(23)30-26)29(33)36-27(21-7-3-2-4-8-21)28(32)31-15-17-35-18-16-31/h2-14,19,27H,15-18H2,1H3/t27-/m0/s1. The molecule has 1 atom stereocenters. The Morgan fingerprint density at radius 3 is 2.33 bits per heavy atom. The van der Waals surface area contributed by atoms with Crippen LogP contribution in [0, 0.1) is 0 Å². The molecule has 1 fully saturated rings. The number of hydrogen-bond donors (Lipinski definition) is 0. The van der Waals surface area contributed by atoms with Crippen molar-refractivity contribution >= 4 is 22.8 Å². The SMILES string of the molecule is COc1ccc(-c2cc(C(=O)O[C@H](C(=O)N3CCOCC3)c3ccccc3)c3ccccc3n2)cc1. The third kappa shape index (κ3) is 4.92. The zero-order valence-corrected chi connectivity index (χ0v) is 19.9. The van der Waals surface area contributed by atoms with Crippen molar-refractivity contribution in [3.05, 3.63) is 96.1 Å². The first-order valence-corrected chi connectivity index (χ1v) is 11.8. The normalized spacial score (nSPS) is 14.3. The molecule has 0 saturated carbocycles. The number of fused-ring (bicyclic) bond motifs is 1. The highest BCUT2D eigenvalue weighted by molar-refractivity contribution is 6.05. The van der Waals surface area contributed by atoms with Crippen LogP contribution >= 0.6 is 0 Å². The fourth-order valence-corrected chi connectivity index (χ4v) is 4.26. The molecule has 0 unspecified atom stereocenters. The molecule has 7 nitrogen and oxygen atoms in total. The monoisotopic (exact) mass is 482 g/mol. The van der Waals surface area contributed by atoms with E-state index in [-0.39, 0.29) is 5.91 Å². The average Bonchev–Trinajstić information content (AvgIpc) is 2.95. The first kappa shape index (κ1) is 23.5. The van der Waals surface area contributed by atoms with Gasteiger partial charge in [0.1, 0.15) is 5.75 Å². The Bertz CT molecular complexity index is 1370. The topological polar surface area (TPSA) is 78.0 Å². The van der Waals surface area contributed by atoms with Crippen molar-refractivity contribution in [3.8, 4) is 17.0 Å². The van der Waals surface area contributed by atoms with Gasteiger partial charge in [-0.15, -0.1) is 0 Å². The molecular formula is C29H26N2O5. The van der Waals surface area contributed by atoms with Gasteiger partial charge in [0, 0.05) is 29.6 Å². The number of amides is 1. The van der Waals surface area contributed by atoms with Crippen LogP contribution in [-0.2, 0) is 14.3 Å². The molecule has 36 heavy (non-hydrogen) atoms. The van der Waals surface area contributed by atoms with Crippen LogP contribution < -0.4 is 4.74 Å². The molecule has 0 bridgehead atoms. The van der Waals surface area contributed by atoms with E-state index in [1.807, 2.05) is 66.7 Å². The van der Waals surface area contributed by atoms with Gasteiger partial charge in [-0.25, -0.2) is 9.78 Å². The third-order valence-corrected chi connectivity index (χ3v) is 6.20. The van der Waals surface area contributed by atoms with Crippen LogP contribution in [0.5, 0.6) is 5.75 Å². The molecule has 1 amide bonds. The van der Waals surface area contributed by atoms with Gasteiger partial charge >= 0.3 is 5.97 Å². The van der Waals surface area contributed by atoms with Crippen molar-refractivity contribution in [1.29, 1.82) is 0 Å². The number of hydrogen-bond acceptors (Lipinski definition) is 6. The van der Waals surface area contributed by atoms with Crippen molar-refractivity contribution in [1.82, 2.24) is 9.88 Å². The Kier molecular flexibility index (Phi) is 6.91. The summed E-state index contributed by atoms with van der Waals surface area (Å²) in [6.45, 7) is 1.84. The van der Waals surface area contributed by atoms with Gasteiger partial charge in [0.05, 0.1) is 37.1 Å². The van der Waals surface area contributed by atoms with Gasteiger partial charge in [-0.05, 0) is 36.4 Å². The van der Waals surface area contributed by atoms with Crippen molar-refractivity contribution in [3.63, 3.8) is 0 Å². The molecular weight excluding hydrogens is 456 g/mol. The summed E-state index contributed by atoms with van der Waals surface area (Å²) in [5.41, 5.74) is 3.09. The molecule has 4 aromatic rings. The molecule has 5 rings (SSSR count). The van der Waals surface area contributed by atoms with Gasteiger partial charge in [0.2, 0.25) is 6.10 Å². The molecule has 1 aliphatic rings. The summed E-state index contributed by atoms with van der Waals surface area (Å²) in [5, 5.41) is 0.658. The Hall–Kier alpha value is -4.23. The number of carbonyl (C=O) groups excluding carboxylic acids is 2. The van der Waals surface area contributed by atoms with Crippen molar-refractivity contribution in [2.24, 2.45) is 0 Å². The number of ether oxygens (including phenoxy) is 3. The smallest absolute Gasteiger partial charge is 0.340 e. The van der Waals surface area contributed by atoms with Crippen LogP contribution in [0.2, 0.25) is 0 Å². The first-order valence-electron chi connectivity index (χ1n) is 11.8. The number of pyridine rings is 1. The van der Waals surface area contributed by atoms with Gasteiger partial charge < -0.3 is 19.1 Å². The van der Waals surface area contributed by atoms with E-state index < -0.39 is 12.1 Å². The molecule has 7 heteroatoms. The molecule has 3 aromatic carbocycles. The summed E-state index contributed by atoms with van der Waals surface area (Å²) < 4.78 is 16.6. The average molecular weight is 483 g/mol. The van der Waals surface area contributed by atoms with Crippen LogP contribution in [0.15, 0.2) is 84.9 Å². The number of carbonyl (C=O) groups is 2. The Morgan fingerprint density at radius 2 is 1.61 bits per heavy atom. The van der Waals surface area contributed by atoms with Crippen LogP contribution in [0.25, 0.3) is 22.2 Å². The second-order valence-corrected chi connectivity index (χ2v) is 8.43. The maximum Gasteiger partial charge on any atom is 0.340 e. The van der Waals surface area contributed by atoms with Gasteiger partial charge in [-0.3, -0.25) is 4.79 Å². The van der Waals surface area contributed by atoms with E-state index in [0.29, 0.717) is 54.0 Å². The Balaban J connectivity index is 1.52. The number of nitrogens with zero attached hydrogens (tertiary/aromatic N) is 2. The third-order valence-electron chi connectivity index (χ3n) is 6.20. The van der Waals surface area contributed by atoms with Crippen molar-refractivity contribution in [2.45, 2.75) is 6.10 Å². The largest absolute Gasteiger partial charge is 0.497 e. The molecule has 0 spiro atoms. The minimum atomic E-state index is -1.06. The Morgan fingerprint density at radius 1 is 0.917 bits per heavy atom. The van der Waals surface area contributed by atoms with Crippen molar-refractivity contribution < 1.29 is 23.8 Å². The van der Waals surface area contributed by atoms with Gasteiger partial charge in [-0.2, -0.15) is 0 Å². The lowest BCUT2D eigenvalue weighted by Gasteiger charge is -2.30. The van der Waals surface area contributed by atoms with E-state index in [9.17, 15) is 9.59 Å². The van der Waals surface area contributed by atoms with E-state index in [1.165, 1.54) is 0 Å². The summed E-state index contributed by atoms with van der Waals surface area (Å²) in [7, 11) is 1.61. The first-order chi connectivity index (χ1) is 17.6. The summed E-state index contributed by atoms with van der Waals surface area (Å²) in [6, 6.07) is 25.7. The lowest BCUT2D eigenvalue weighted by atomic mass is 10.0. The summed E-state index contributed by atoms with van der Waals surface area (Å²) in [4.78, 5) is 33.5. The second-order valence-electron chi connectivity index (χ2n) is 8.43. The minimum Gasteiger partial charge on any atom is -0.497 e. The van der Waals surface area contributed by atoms with Gasteiger partial charge in [0.25, 0.3) is 5.91 Å². The molecule has 1 aliphatic heterocycles. The van der Waals surface area contributed by atoms with Gasteiger partial charge in [0.15, 0.2) is 0 Å². The molecule has 0 N–H and O–H groups in total. The second kappa shape index (κ2) is 10.6. The maximum atomic E-state index is 13.6. The van der Waals surface area contributed by atoms with Crippen LogP contribution in [0.4, 0.5) is 0 Å². The van der Waals surface area contributed by atoms with E-state index >= 15 is 0 Å². The van der Waals surface area contributed by atoms with Crippen molar-refractivity contribution in [2.75, 3.05) is 33.4 Å². The number of para-hydroxylation sites is 1. The van der Waals surface area contributed by atoms with Gasteiger partial charge in [-0.1, -0.05) is 48.5 Å². The zero-order chi connectivity index (χ0) is 24.9. The van der Waals surface area contributed by atoms with E-state index in [1.54, 1.807) is 30.2 Å². The van der Waals surface area contributed by atoms with Crippen LogP contribution in [-0.4, -0.2) is 55.2 Å². The fourth-order valence-electron chi connectivity index (χ4n) is 4.26. The molecule has 1 saturated heterocycles. The molecule has 0 aliphatic carbocycles. The number of morpholine rings is 1. The van der Waals surface area contributed by atoms with E-state index in [0.717, 1.165) is 11.3 Å². The fraction of sp³-hybridized carbons (Fsp3) is 0.207. The van der Waals surface area contributed by atoms with Crippen LogP contribution in [0.3, 0.4) is 0 Å². The molecule has 0 radical (unpaired) electrons. The number of aromatic nitrogens is 1. The lowest BCUT2D eigenvalue weighted by Crippen LogP contribution is -2.44. The molecule has 182 valence electrons. The quantitative estimate of drug-likeness (QED) is 0.372. The highest BCUT2D eigenvalue weighted by atomic mass is 16.5. The number of rotatable bonds is 6. The number of esters is 1. The summed E-state index contributed by atoms with van der Waals surface area (Å²) in [6.07, 6.45) is -1.06. The highest BCUT2D eigenvalue weighted by Crippen LogP contribution is 2.29. The highest BCUT2D eigenvalue weighted by Gasteiger charge is 2.31. The number of methoxy groups -OCH3 is 1. The van der Waals surface area contributed by atoms with E-state index in [2.05, 4.69) is 0 Å². The molecule has 1 aromatic heterocycles. The minimum absolute atomic E-state index is 0.258. The number of benzene rings is 3. The predicted octanol–water partition coefficient (Wildman–Crippen LogP) is 4.67. The van der Waals surface area contributed by atoms with E-state index in [4.69, 9.17) is 19.2 Å². The predicted molar refractivity (Wildman–Crippen MR) is 136 cm³/mol. The maximum absolute atomic E-state index is 13.6. The molecule has 2 heterocycles. The Labute approximate surface area is 209 Å².